The van der Waals surface area contributed by atoms with Gasteiger partial charge in [-0.3, -0.25) is 4.57 Å². The first-order valence-electron chi connectivity index (χ1n) is 10.6. The number of aliphatic hydroxyl groups is 1. The van der Waals surface area contributed by atoms with E-state index in [2.05, 4.69) is 15.2 Å². The fourth-order valence-electron chi connectivity index (χ4n) is 3.42. The Balaban J connectivity index is 1.81. The van der Waals surface area contributed by atoms with Crippen molar-refractivity contribution in [3.8, 4) is 17.1 Å². The molecule has 10 nitrogen and oxygen atoms in total. The quantitative estimate of drug-likeness (QED) is 0.323. The maximum absolute atomic E-state index is 13.1. The number of hydrogen-bond donors (Lipinski definition) is 1. The van der Waals surface area contributed by atoms with Gasteiger partial charge in [0.15, 0.2) is 17.8 Å². The van der Waals surface area contributed by atoms with Crippen LogP contribution in [0.15, 0.2) is 47.3 Å². The lowest BCUT2D eigenvalue weighted by Gasteiger charge is -2.15. The average molecular weight is 592 g/mol. The number of halogens is 6. The van der Waals surface area contributed by atoms with E-state index >= 15 is 0 Å². The van der Waals surface area contributed by atoms with Crippen LogP contribution in [0, 0.1) is 0 Å². The van der Waals surface area contributed by atoms with Crippen LogP contribution >= 0.6 is 34.8 Å². The van der Waals surface area contributed by atoms with E-state index in [0.717, 1.165) is 16.5 Å². The van der Waals surface area contributed by atoms with E-state index in [0.29, 0.717) is 9.59 Å². The summed E-state index contributed by atoms with van der Waals surface area (Å²) in [4.78, 5) is 29.6. The number of aromatic nitrogens is 6. The Morgan fingerprint density at radius 2 is 1.71 bits per heavy atom. The lowest BCUT2D eigenvalue weighted by molar-refractivity contribution is -0.207. The fraction of sp³-hybridized carbons (Fsp3) is 0.227. The lowest BCUT2D eigenvalue weighted by Crippen LogP contribution is -2.37. The van der Waals surface area contributed by atoms with Crippen LogP contribution in [0.25, 0.3) is 17.1 Å². The molecule has 4 rings (SSSR count). The number of ether oxygens (including phenoxy) is 1. The zero-order valence-corrected chi connectivity index (χ0v) is 21.4. The van der Waals surface area contributed by atoms with Gasteiger partial charge < -0.3 is 9.84 Å². The predicted octanol–water partition coefficient (Wildman–Crippen LogP) is 4.01. The summed E-state index contributed by atoms with van der Waals surface area (Å²) in [5, 5.41) is 18.6. The maximum atomic E-state index is 13.1. The van der Waals surface area contributed by atoms with E-state index in [4.69, 9.17) is 39.5 Å². The summed E-state index contributed by atoms with van der Waals surface area (Å²) in [7, 11) is 1.12. The van der Waals surface area contributed by atoms with Gasteiger partial charge in [-0.1, -0.05) is 40.9 Å². The van der Waals surface area contributed by atoms with Crippen LogP contribution in [0.1, 0.15) is 16.4 Å². The zero-order chi connectivity index (χ0) is 27.8. The largest absolute Gasteiger partial charge is 0.463 e. The summed E-state index contributed by atoms with van der Waals surface area (Å²) < 4.78 is 46.5. The normalized spacial score (nSPS) is 12.5. The number of carbonyl (C=O) groups excluding carboxylic acids is 1. The summed E-state index contributed by atoms with van der Waals surface area (Å²) in [5.41, 5.74) is -0.621. The summed E-state index contributed by atoms with van der Waals surface area (Å²) in [6, 6.07) is 10.4. The molecule has 0 aliphatic heterocycles. The highest BCUT2D eigenvalue weighted by molar-refractivity contribution is 6.37. The van der Waals surface area contributed by atoms with Crippen molar-refractivity contribution in [1.82, 2.24) is 29.1 Å². The van der Waals surface area contributed by atoms with Crippen LogP contribution in [-0.2, 0) is 17.8 Å². The van der Waals surface area contributed by atoms with Gasteiger partial charge in [0.25, 0.3) is 0 Å². The number of alkyl halides is 3. The highest BCUT2D eigenvalue weighted by atomic mass is 35.5. The average Bonchev–Trinajstić information content (AvgIpc) is 3.40. The van der Waals surface area contributed by atoms with Crippen LogP contribution in [0.5, 0.6) is 0 Å². The molecule has 1 N–H and O–H groups in total. The first-order valence-corrected chi connectivity index (χ1v) is 11.7. The number of carbonyl (C=O) groups is 1. The Labute approximate surface area is 226 Å². The summed E-state index contributed by atoms with van der Waals surface area (Å²) in [5.74, 6) is -1.52. The van der Waals surface area contributed by atoms with Gasteiger partial charge in [0.1, 0.15) is 12.2 Å². The van der Waals surface area contributed by atoms with E-state index in [1.54, 1.807) is 6.07 Å². The van der Waals surface area contributed by atoms with Gasteiger partial charge in [-0.2, -0.15) is 13.2 Å². The van der Waals surface area contributed by atoms with Crippen LogP contribution in [0.3, 0.4) is 0 Å². The van der Waals surface area contributed by atoms with Gasteiger partial charge in [-0.05, 0) is 36.4 Å². The molecule has 0 amide bonds. The third-order valence-electron chi connectivity index (χ3n) is 5.22. The van der Waals surface area contributed by atoms with Gasteiger partial charge in [0.05, 0.1) is 23.7 Å². The number of nitrogens with zero attached hydrogens (tertiary/aromatic N) is 6. The molecule has 38 heavy (non-hydrogen) atoms. The van der Waals surface area contributed by atoms with Gasteiger partial charge in [0, 0.05) is 10.6 Å². The monoisotopic (exact) mass is 590 g/mol. The zero-order valence-electron chi connectivity index (χ0n) is 19.2. The van der Waals surface area contributed by atoms with E-state index in [1.165, 1.54) is 36.4 Å². The summed E-state index contributed by atoms with van der Waals surface area (Å²) >= 11 is 18.4. The van der Waals surface area contributed by atoms with Crippen molar-refractivity contribution in [2.24, 2.45) is 0 Å². The van der Waals surface area contributed by atoms with E-state index < -0.39 is 37.0 Å². The highest BCUT2D eigenvalue weighted by Crippen LogP contribution is 2.29. The number of para-hydroxylation sites is 1. The molecule has 0 fully saturated rings. The third-order valence-corrected chi connectivity index (χ3v) is 6.08. The standard InChI is InChI=1S/C22H16Cl3F3N6O4/c1-38-20(36)19-29-16(30-34(19)17-13(24)3-2-4-14(17)25)10-33-21(37)32(9-15(35)22(26,27)28)18(31-33)11-5-7-12(23)8-6-11/h2-8,15,35H,9-10H2,1H3. The second kappa shape index (κ2) is 10.8. The number of aliphatic hydroxyl groups excluding tert-OH is 1. The van der Waals surface area contributed by atoms with E-state index in [-0.39, 0.29) is 38.8 Å². The Hall–Kier alpha value is -3.39. The predicted molar refractivity (Wildman–Crippen MR) is 131 cm³/mol. The van der Waals surface area contributed by atoms with Crippen LogP contribution < -0.4 is 5.69 Å². The molecule has 0 bridgehead atoms. The molecule has 0 radical (unpaired) electrons. The number of benzene rings is 2. The lowest BCUT2D eigenvalue weighted by atomic mass is 10.2. The van der Waals surface area contributed by atoms with Crippen LogP contribution in [-0.4, -0.2) is 59.6 Å². The van der Waals surface area contributed by atoms with Crippen molar-refractivity contribution in [2.75, 3.05) is 7.11 Å². The number of esters is 1. The second-order valence-electron chi connectivity index (χ2n) is 7.76. The van der Waals surface area contributed by atoms with E-state index in [9.17, 15) is 27.9 Å². The molecule has 1 atom stereocenters. The minimum atomic E-state index is -4.98. The molecular formula is C22H16Cl3F3N6O4. The van der Waals surface area contributed by atoms with Crippen molar-refractivity contribution in [1.29, 1.82) is 0 Å². The molecule has 2 aromatic heterocycles. The van der Waals surface area contributed by atoms with Crippen LogP contribution in [0.4, 0.5) is 13.2 Å². The SMILES string of the molecule is COC(=O)c1nc(Cn2nc(-c3ccc(Cl)cc3)n(CC(O)C(F)(F)F)c2=O)nn1-c1c(Cl)cccc1Cl. The molecule has 200 valence electrons. The van der Waals surface area contributed by atoms with Crippen molar-refractivity contribution in [3.05, 3.63) is 79.7 Å². The second-order valence-corrected chi connectivity index (χ2v) is 9.01. The molecule has 0 aliphatic carbocycles. The molecule has 0 aliphatic rings. The molecule has 4 aromatic rings. The molecular weight excluding hydrogens is 576 g/mol. The Kier molecular flexibility index (Phi) is 7.83. The highest BCUT2D eigenvalue weighted by Gasteiger charge is 2.39. The van der Waals surface area contributed by atoms with Gasteiger partial charge >= 0.3 is 17.8 Å². The summed E-state index contributed by atoms with van der Waals surface area (Å²) in [6.45, 7) is -1.58. The first-order chi connectivity index (χ1) is 17.9. The smallest absolute Gasteiger partial charge is 0.416 e. The molecule has 1 unspecified atom stereocenters. The first kappa shape index (κ1) is 27.6. The number of rotatable bonds is 7. The minimum absolute atomic E-state index is 0.114. The Morgan fingerprint density at radius 1 is 1.08 bits per heavy atom. The van der Waals surface area contributed by atoms with Gasteiger partial charge in [-0.15, -0.1) is 10.2 Å². The Morgan fingerprint density at radius 3 is 2.29 bits per heavy atom. The Bertz CT molecular complexity index is 1530. The summed E-state index contributed by atoms with van der Waals surface area (Å²) in [6.07, 6.45) is -7.82. The number of hydrogen-bond acceptors (Lipinski definition) is 7. The molecule has 0 spiro atoms. The van der Waals surface area contributed by atoms with Gasteiger partial charge in [0.2, 0.25) is 5.82 Å². The van der Waals surface area contributed by atoms with Crippen LogP contribution in [0.2, 0.25) is 15.1 Å². The molecule has 2 aromatic carbocycles. The van der Waals surface area contributed by atoms with Crippen molar-refractivity contribution >= 4 is 40.8 Å². The molecule has 2 heterocycles. The number of methoxy groups -OCH3 is 1. The van der Waals surface area contributed by atoms with Crippen molar-refractivity contribution in [2.45, 2.75) is 25.4 Å². The van der Waals surface area contributed by atoms with Gasteiger partial charge in [-0.25, -0.2) is 23.9 Å². The van der Waals surface area contributed by atoms with E-state index in [1.807, 2.05) is 0 Å². The molecule has 0 saturated heterocycles. The topological polar surface area (TPSA) is 117 Å². The fourth-order valence-corrected chi connectivity index (χ4v) is 4.11. The van der Waals surface area contributed by atoms with Crippen molar-refractivity contribution in [3.63, 3.8) is 0 Å². The molecule has 0 saturated carbocycles. The molecule has 16 heteroatoms. The maximum Gasteiger partial charge on any atom is 0.416 e. The third kappa shape index (κ3) is 5.55. The minimum Gasteiger partial charge on any atom is -0.463 e. The van der Waals surface area contributed by atoms with Crippen molar-refractivity contribution < 1.29 is 27.8 Å².